The molecule has 1 saturated heterocycles. The van der Waals surface area contributed by atoms with Gasteiger partial charge in [-0.2, -0.15) is 0 Å². The summed E-state index contributed by atoms with van der Waals surface area (Å²) in [6.07, 6.45) is 0.932. The maximum atomic E-state index is 11.0. The normalized spacial score (nSPS) is 15.0. The van der Waals surface area contributed by atoms with Gasteiger partial charge in [-0.3, -0.25) is 4.90 Å². The molecule has 5 heteroatoms. The van der Waals surface area contributed by atoms with Crippen LogP contribution in [0.3, 0.4) is 0 Å². The van der Waals surface area contributed by atoms with E-state index in [0.29, 0.717) is 12.4 Å². The van der Waals surface area contributed by atoms with E-state index < -0.39 is 5.97 Å². The lowest BCUT2D eigenvalue weighted by Crippen LogP contribution is -2.46. The molecule has 0 spiro atoms. The summed E-state index contributed by atoms with van der Waals surface area (Å²) < 4.78 is 5.69. The summed E-state index contributed by atoms with van der Waals surface area (Å²) in [5, 5.41) is 9.00. The predicted octanol–water partition coefficient (Wildman–Crippen LogP) is 3.28. The van der Waals surface area contributed by atoms with Crippen LogP contribution >= 0.6 is 0 Å². The molecule has 2 aromatic rings. The quantitative estimate of drug-likeness (QED) is 0.774. The summed E-state index contributed by atoms with van der Waals surface area (Å²) in [7, 11) is 0. The van der Waals surface area contributed by atoms with Gasteiger partial charge in [0.15, 0.2) is 0 Å². The van der Waals surface area contributed by atoms with E-state index in [-0.39, 0.29) is 5.56 Å². The first kappa shape index (κ1) is 18.3. The zero-order chi connectivity index (χ0) is 18.4. The highest BCUT2D eigenvalue weighted by Gasteiger charge is 2.16. The summed E-state index contributed by atoms with van der Waals surface area (Å²) >= 11 is 0. The smallest absolute Gasteiger partial charge is 0.335 e. The third-order valence-corrected chi connectivity index (χ3v) is 4.71. The first-order valence-corrected chi connectivity index (χ1v) is 9.12. The van der Waals surface area contributed by atoms with Crippen molar-refractivity contribution in [1.82, 2.24) is 4.90 Å². The molecular weight excluding hydrogens is 328 g/mol. The van der Waals surface area contributed by atoms with Gasteiger partial charge in [-0.25, -0.2) is 4.79 Å². The second-order valence-electron chi connectivity index (χ2n) is 6.70. The maximum absolute atomic E-state index is 11.0. The predicted molar refractivity (Wildman–Crippen MR) is 103 cm³/mol. The molecule has 1 heterocycles. The Morgan fingerprint density at radius 2 is 1.85 bits per heavy atom. The van der Waals surface area contributed by atoms with Crippen LogP contribution in [0.2, 0.25) is 0 Å². The van der Waals surface area contributed by atoms with Crippen molar-refractivity contribution in [3.63, 3.8) is 0 Å². The number of carbonyl (C=O) groups is 1. The number of anilines is 1. The molecule has 1 aliphatic heterocycles. The van der Waals surface area contributed by atoms with Crippen LogP contribution in [0.25, 0.3) is 0 Å². The highest BCUT2D eigenvalue weighted by atomic mass is 16.5. The van der Waals surface area contributed by atoms with Crippen LogP contribution in [-0.4, -0.2) is 55.3 Å². The first-order chi connectivity index (χ1) is 12.6. The maximum Gasteiger partial charge on any atom is 0.335 e. The average molecular weight is 354 g/mol. The van der Waals surface area contributed by atoms with Gasteiger partial charge < -0.3 is 14.7 Å². The lowest BCUT2D eigenvalue weighted by atomic mass is 10.2. The Kier molecular flexibility index (Phi) is 6.12. The molecule has 138 valence electrons. The molecule has 1 fully saturated rings. The van der Waals surface area contributed by atoms with Gasteiger partial charge in [0, 0.05) is 38.4 Å². The molecule has 0 bridgehead atoms. The highest BCUT2D eigenvalue weighted by Crippen LogP contribution is 2.18. The first-order valence-electron chi connectivity index (χ1n) is 9.12. The molecule has 0 aromatic heterocycles. The number of aromatic carboxylic acids is 1. The van der Waals surface area contributed by atoms with E-state index in [0.717, 1.165) is 39.1 Å². The number of rotatable bonds is 7. The van der Waals surface area contributed by atoms with Crippen LogP contribution < -0.4 is 9.64 Å². The SMILES string of the molecule is Cc1cccc(N2CCN(CCCOc3cccc(C(=O)O)c3)CC2)c1. The number of piperazine rings is 1. The van der Waals surface area contributed by atoms with E-state index in [1.165, 1.54) is 11.3 Å². The van der Waals surface area contributed by atoms with E-state index in [1.54, 1.807) is 24.3 Å². The van der Waals surface area contributed by atoms with Gasteiger partial charge in [0.05, 0.1) is 12.2 Å². The van der Waals surface area contributed by atoms with Gasteiger partial charge >= 0.3 is 5.97 Å². The van der Waals surface area contributed by atoms with Crippen molar-refractivity contribution in [1.29, 1.82) is 0 Å². The number of hydrogen-bond donors (Lipinski definition) is 1. The Morgan fingerprint density at radius 3 is 2.58 bits per heavy atom. The summed E-state index contributed by atoms with van der Waals surface area (Å²) in [6, 6.07) is 15.3. The molecule has 5 nitrogen and oxygen atoms in total. The molecule has 0 radical (unpaired) electrons. The van der Waals surface area contributed by atoms with Gasteiger partial charge in [-0.05, 0) is 49.2 Å². The topological polar surface area (TPSA) is 53.0 Å². The van der Waals surface area contributed by atoms with Crippen molar-refractivity contribution >= 4 is 11.7 Å². The number of carboxylic acid groups (broad SMARTS) is 1. The van der Waals surface area contributed by atoms with Crippen molar-refractivity contribution in [2.24, 2.45) is 0 Å². The summed E-state index contributed by atoms with van der Waals surface area (Å²) in [5.74, 6) is -0.309. The van der Waals surface area contributed by atoms with Crippen LogP contribution in [0.15, 0.2) is 48.5 Å². The minimum Gasteiger partial charge on any atom is -0.494 e. The number of hydrogen-bond acceptors (Lipinski definition) is 4. The molecule has 0 amide bonds. The van der Waals surface area contributed by atoms with Crippen LogP contribution in [-0.2, 0) is 0 Å². The fourth-order valence-electron chi connectivity index (χ4n) is 3.25. The Morgan fingerprint density at radius 1 is 1.08 bits per heavy atom. The molecule has 2 aromatic carbocycles. The standard InChI is InChI=1S/C21H26N2O3/c1-17-5-2-7-19(15-17)23-12-10-22(11-13-23)9-4-14-26-20-8-3-6-18(16-20)21(24)25/h2-3,5-8,15-16H,4,9-14H2,1H3,(H,24,25). The molecule has 0 aliphatic carbocycles. The third-order valence-electron chi connectivity index (χ3n) is 4.71. The van der Waals surface area contributed by atoms with E-state index >= 15 is 0 Å². The molecule has 26 heavy (non-hydrogen) atoms. The molecule has 3 rings (SSSR count). The summed E-state index contributed by atoms with van der Waals surface area (Å²) in [6.45, 7) is 7.94. The average Bonchev–Trinajstić information content (AvgIpc) is 2.66. The molecular formula is C21H26N2O3. The fourth-order valence-corrected chi connectivity index (χ4v) is 3.25. The Hall–Kier alpha value is -2.53. The zero-order valence-electron chi connectivity index (χ0n) is 15.2. The Balaban J connectivity index is 1.38. The van der Waals surface area contributed by atoms with Crippen molar-refractivity contribution in [3.8, 4) is 5.75 Å². The number of carboxylic acids is 1. The van der Waals surface area contributed by atoms with Crippen molar-refractivity contribution in [3.05, 3.63) is 59.7 Å². The molecule has 1 aliphatic rings. The lowest BCUT2D eigenvalue weighted by Gasteiger charge is -2.36. The van der Waals surface area contributed by atoms with Gasteiger partial charge in [0.1, 0.15) is 5.75 Å². The molecule has 1 N–H and O–H groups in total. The zero-order valence-corrected chi connectivity index (χ0v) is 15.2. The van der Waals surface area contributed by atoms with E-state index in [9.17, 15) is 4.79 Å². The van der Waals surface area contributed by atoms with E-state index in [1.807, 2.05) is 0 Å². The van der Waals surface area contributed by atoms with Crippen LogP contribution in [0.5, 0.6) is 5.75 Å². The minimum absolute atomic E-state index is 0.259. The van der Waals surface area contributed by atoms with E-state index in [4.69, 9.17) is 9.84 Å². The van der Waals surface area contributed by atoms with Crippen LogP contribution in [0, 0.1) is 6.92 Å². The third kappa shape index (κ3) is 4.99. The highest BCUT2D eigenvalue weighted by molar-refractivity contribution is 5.87. The fraction of sp³-hybridized carbons (Fsp3) is 0.381. The number of aryl methyl sites for hydroxylation is 1. The number of nitrogens with zero attached hydrogens (tertiary/aromatic N) is 2. The number of ether oxygens (including phenoxy) is 1. The molecule has 0 saturated carbocycles. The van der Waals surface area contributed by atoms with Gasteiger partial charge in [0.25, 0.3) is 0 Å². The number of benzene rings is 2. The minimum atomic E-state index is -0.929. The Labute approximate surface area is 154 Å². The van der Waals surface area contributed by atoms with Crippen LogP contribution in [0.4, 0.5) is 5.69 Å². The monoisotopic (exact) mass is 354 g/mol. The van der Waals surface area contributed by atoms with Crippen molar-refractivity contribution in [2.45, 2.75) is 13.3 Å². The second-order valence-corrected chi connectivity index (χ2v) is 6.70. The Bertz CT molecular complexity index is 740. The van der Waals surface area contributed by atoms with Gasteiger partial charge in [-0.15, -0.1) is 0 Å². The second kappa shape index (κ2) is 8.72. The van der Waals surface area contributed by atoms with Gasteiger partial charge in [-0.1, -0.05) is 18.2 Å². The van der Waals surface area contributed by atoms with Crippen molar-refractivity contribution < 1.29 is 14.6 Å². The lowest BCUT2D eigenvalue weighted by molar-refractivity contribution is 0.0696. The van der Waals surface area contributed by atoms with E-state index in [2.05, 4.69) is 41.0 Å². The van der Waals surface area contributed by atoms with Gasteiger partial charge in [0.2, 0.25) is 0 Å². The van der Waals surface area contributed by atoms with Crippen LogP contribution in [0.1, 0.15) is 22.3 Å². The largest absolute Gasteiger partial charge is 0.494 e. The summed E-state index contributed by atoms with van der Waals surface area (Å²) in [5.41, 5.74) is 2.87. The van der Waals surface area contributed by atoms with Crippen molar-refractivity contribution in [2.75, 3.05) is 44.2 Å². The molecule has 0 unspecified atom stereocenters. The summed E-state index contributed by atoms with van der Waals surface area (Å²) in [4.78, 5) is 15.9. The molecule has 0 atom stereocenters.